The van der Waals surface area contributed by atoms with Crippen molar-refractivity contribution in [1.82, 2.24) is 14.5 Å². The first-order valence-corrected chi connectivity index (χ1v) is 10.3. The first-order valence-electron chi connectivity index (χ1n) is 10.3. The summed E-state index contributed by atoms with van der Waals surface area (Å²) in [4.78, 5) is 31.1. The van der Waals surface area contributed by atoms with E-state index in [9.17, 15) is 9.59 Å². The molecule has 1 aliphatic heterocycles. The van der Waals surface area contributed by atoms with Crippen molar-refractivity contribution in [2.24, 2.45) is 7.05 Å². The van der Waals surface area contributed by atoms with Gasteiger partial charge in [0.05, 0.1) is 5.41 Å². The van der Waals surface area contributed by atoms with Gasteiger partial charge in [-0.25, -0.2) is 4.98 Å². The largest absolute Gasteiger partial charge is 0.350 e. The minimum Gasteiger partial charge on any atom is -0.350 e. The molecule has 1 fully saturated rings. The van der Waals surface area contributed by atoms with E-state index in [4.69, 9.17) is 0 Å². The van der Waals surface area contributed by atoms with Crippen LogP contribution in [0.5, 0.6) is 0 Å². The highest BCUT2D eigenvalue weighted by Crippen LogP contribution is 2.50. The Hall–Kier alpha value is -3.41. The van der Waals surface area contributed by atoms with Crippen molar-refractivity contribution in [2.45, 2.75) is 31.2 Å². The number of aryl methyl sites for hydroxylation is 1. The molecule has 1 N–H and O–H groups in total. The molecule has 1 aromatic carbocycles. The summed E-state index contributed by atoms with van der Waals surface area (Å²) in [5, 5.41) is 4.05. The number of carbonyl (C=O) groups excluding carboxylic acids is 2. The average molecular weight is 400 g/mol. The molecule has 5 rings (SSSR count). The summed E-state index contributed by atoms with van der Waals surface area (Å²) in [6.07, 6.45) is 9.93. The number of carbonyl (C=O) groups is 2. The first kappa shape index (κ1) is 18.6. The van der Waals surface area contributed by atoms with Crippen molar-refractivity contribution in [3.05, 3.63) is 65.5 Å². The van der Waals surface area contributed by atoms with E-state index in [2.05, 4.69) is 33.2 Å². The highest BCUT2D eigenvalue weighted by atomic mass is 16.2. The van der Waals surface area contributed by atoms with Crippen molar-refractivity contribution < 1.29 is 9.59 Å². The Balaban J connectivity index is 1.32. The van der Waals surface area contributed by atoms with E-state index in [1.54, 1.807) is 30.3 Å². The molecule has 0 atom stereocenters. The molecule has 3 heterocycles. The normalized spacial score (nSPS) is 16.7. The summed E-state index contributed by atoms with van der Waals surface area (Å²) < 4.78 is 2.08. The highest BCUT2D eigenvalue weighted by molar-refractivity contribution is 6.06. The molecule has 0 radical (unpaired) electrons. The van der Waals surface area contributed by atoms with Gasteiger partial charge >= 0.3 is 0 Å². The van der Waals surface area contributed by atoms with Crippen LogP contribution in [0.15, 0.2) is 48.8 Å². The van der Waals surface area contributed by atoms with E-state index in [-0.39, 0.29) is 11.8 Å². The lowest BCUT2D eigenvalue weighted by atomic mass is 9.65. The first-order chi connectivity index (χ1) is 14.5. The molecule has 152 valence electrons. The van der Waals surface area contributed by atoms with Crippen molar-refractivity contribution in [2.75, 3.05) is 12.4 Å². The standard InChI is InChI=1S/C24H24N4O2/c1-27-14-17(18-6-3-4-7-20(18)27)15-28(2)21(29)9-8-16-12-19-22(25-13-16)26-23(30)24(19)10-5-11-24/h3-4,6-9,12-14H,5,10-11,15H2,1-2H3,(H,25,26,30). The predicted octanol–water partition coefficient (Wildman–Crippen LogP) is 3.62. The van der Waals surface area contributed by atoms with Gasteiger partial charge in [0.25, 0.3) is 0 Å². The minimum absolute atomic E-state index is 0.0586. The second-order valence-corrected chi connectivity index (χ2v) is 8.36. The summed E-state index contributed by atoms with van der Waals surface area (Å²) in [5.74, 6) is 0.649. The number of benzene rings is 1. The zero-order valence-corrected chi connectivity index (χ0v) is 17.2. The molecular formula is C24H24N4O2. The fourth-order valence-electron chi connectivity index (χ4n) is 4.59. The predicted molar refractivity (Wildman–Crippen MR) is 117 cm³/mol. The van der Waals surface area contributed by atoms with Crippen LogP contribution in [0, 0.1) is 0 Å². The number of pyridine rings is 1. The van der Waals surface area contributed by atoms with Gasteiger partial charge in [0.15, 0.2) is 0 Å². The summed E-state index contributed by atoms with van der Waals surface area (Å²) in [7, 11) is 3.82. The number of hydrogen-bond acceptors (Lipinski definition) is 3. The summed E-state index contributed by atoms with van der Waals surface area (Å²) in [6.45, 7) is 0.536. The molecule has 2 amide bonds. The van der Waals surface area contributed by atoms with Crippen LogP contribution < -0.4 is 5.32 Å². The zero-order valence-electron chi connectivity index (χ0n) is 17.2. The number of fused-ring (bicyclic) bond motifs is 3. The van der Waals surface area contributed by atoms with Crippen molar-refractivity contribution >= 4 is 34.6 Å². The molecule has 30 heavy (non-hydrogen) atoms. The minimum atomic E-state index is -0.401. The van der Waals surface area contributed by atoms with Crippen LogP contribution in [0.3, 0.4) is 0 Å². The Morgan fingerprint density at radius 2 is 2.13 bits per heavy atom. The van der Waals surface area contributed by atoms with Gasteiger partial charge in [0.1, 0.15) is 5.82 Å². The van der Waals surface area contributed by atoms with E-state index >= 15 is 0 Å². The van der Waals surface area contributed by atoms with Gasteiger partial charge in [0, 0.05) is 55.6 Å². The van der Waals surface area contributed by atoms with Crippen LogP contribution in [0.2, 0.25) is 0 Å². The van der Waals surface area contributed by atoms with Crippen LogP contribution in [0.25, 0.3) is 17.0 Å². The van der Waals surface area contributed by atoms with Crippen LogP contribution in [0.4, 0.5) is 5.82 Å². The summed E-state index contributed by atoms with van der Waals surface area (Å²) in [6, 6.07) is 10.2. The number of amides is 2. The molecule has 0 saturated heterocycles. The summed E-state index contributed by atoms with van der Waals surface area (Å²) >= 11 is 0. The molecule has 6 nitrogen and oxygen atoms in total. The van der Waals surface area contributed by atoms with Gasteiger partial charge in [-0.2, -0.15) is 0 Å². The quantitative estimate of drug-likeness (QED) is 0.680. The van der Waals surface area contributed by atoms with Crippen LogP contribution >= 0.6 is 0 Å². The number of anilines is 1. The van der Waals surface area contributed by atoms with Crippen molar-refractivity contribution in [3.8, 4) is 0 Å². The van der Waals surface area contributed by atoms with E-state index in [0.717, 1.165) is 46.9 Å². The lowest BCUT2D eigenvalue weighted by molar-refractivity contribution is -0.125. The van der Waals surface area contributed by atoms with E-state index in [0.29, 0.717) is 12.4 Å². The van der Waals surface area contributed by atoms with Crippen molar-refractivity contribution in [3.63, 3.8) is 0 Å². The van der Waals surface area contributed by atoms with Gasteiger partial charge < -0.3 is 14.8 Å². The molecule has 0 unspecified atom stereocenters. The van der Waals surface area contributed by atoms with Gasteiger partial charge in [-0.15, -0.1) is 0 Å². The lowest BCUT2D eigenvalue weighted by Gasteiger charge is -2.35. The molecule has 3 aromatic rings. The smallest absolute Gasteiger partial charge is 0.246 e. The van der Waals surface area contributed by atoms with Crippen LogP contribution in [0.1, 0.15) is 36.0 Å². The second-order valence-electron chi connectivity index (χ2n) is 8.36. The topological polar surface area (TPSA) is 67.2 Å². The molecule has 2 aliphatic rings. The zero-order chi connectivity index (χ0) is 20.9. The van der Waals surface area contributed by atoms with Gasteiger partial charge in [-0.3, -0.25) is 9.59 Å². The third-order valence-electron chi connectivity index (χ3n) is 6.48. The molecule has 1 aliphatic carbocycles. The fourth-order valence-corrected chi connectivity index (χ4v) is 4.59. The Kier molecular flexibility index (Phi) is 4.24. The number of rotatable bonds is 4. The number of nitrogens with one attached hydrogen (secondary N) is 1. The number of aromatic nitrogens is 2. The van der Waals surface area contributed by atoms with Crippen molar-refractivity contribution in [1.29, 1.82) is 0 Å². The molecule has 1 saturated carbocycles. The second kappa shape index (κ2) is 6.83. The Bertz CT molecular complexity index is 1200. The molecule has 0 bridgehead atoms. The third kappa shape index (κ3) is 2.83. The monoisotopic (exact) mass is 400 g/mol. The maximum atomic E-state index is 12.7. The van der Waals surface area contributed by atoms with Crippen LogP contribution in [-0.4, -0.2) is 33.3 Å². The fraction of sp³-hybridized carbons (Fsp3) is 0.292. The molecule has 6 heteroatoms. The lowest BCUT2D eigenvalue weighted by Crippen LogP contribution is -2.40. The van der Waals surface area contributed by atoms with Crippen LogP contribution in [-0.2, 0) is 28.6 Å². The van der Waals surface area contributed by atoms with E-state index in [1.807, 2.05) is 25.2 Å². The Morgan fingerprint density at radius 1 is 1.33 bits per heavy atom. The van der Waals surface area contributed by atoms with E-state index in [1.165, 1.54) is 0 Å². The number of likely N-dealkylation sites (N-methyl/N-ethyl adjacent to an activating group) is 1. The molecule has 2 aromatic heterocycles. The summed E-state index contributed by atoms with van der Waals surface area (Å²) in [5.41, 5.74) is 3.68. The maximum absolute atomic E-state index is 12.7. The average Bonchev–Trinajstić information content (AvgIpc) is 3.19. The van der Waals surface area contributed by atoms with Gasteiger partial charge in [-0.1, -0.05) is 24.6 Å². The number of nitrogens with zero attached hydrogens (tertiary/aromatic N) is 3. The highest BCUT2D eigenvalue weighted by Gasteiger charge is 2.51. The Morgan fingerprint density at radius 3 is 2.90 bits per heavy atom. The van der Waals surface area contributed by atoms with Gasteiger partial charge in [0.2, 0.25) is 11.8 Å². The Labute approximate surface area is 175 Å². The molecular weight excluding hydrogens is 376 g/mol. The molecule has 1 spiro atoms. The number of para-hydroxylation sites is 1. The SMILES string of the molecule is CN(Cc1cn(C)c2ccccc12)C(=O)C=Cc1cnc2c(c1)C1(CCC1)C(=O)N2. The van der Waals surface area contributed by atoms with E-state index < -0.39 is 5.41 Å². The maximum Gasteiger partial charge on any atom is 0.246 e. The van der Waals surface area contributed by atoms with Gasteiger partial charge in [-0.05, 0) is 42.2 Å². The third-order valence-corrected chi connectivity index (χ3v) is 6.48. The number of hydrogen-bond donors (Lipinski definition) is 1.